The molecule has 0 bridgehead atoms. The van der Waals surface area contributed by atoms with Crippen LogP contribution in [0.1, 0.15) is 140 Å². The number of esters is 1. The number of halogens is 15. The molecule has 0 aromatic heterocycles. The first-order chi connectivity index (χ1) is 69.1. The molecule has 0 radical (unpaired) electrons. The number of phenols is 2. The summed E-state index contributed by atoms with van der Waals surface area (Å²) >= 11 is 0. The van der Waals surface area contributed by atoms with Gasteiger partial charge >= 0.3 is 41.5 Å². The predicted molar refractivity (Wildman–Crippen MR) is 494 cm³/mol. The molecule has 3 amide bonds. The molecule has 2 fully saturated rings. The van der Waals surface area contributed by atoms with Crippen LogP contribution >= 0.6 is 0 Å². The van der Waals surface area contributed by atoms with Crippen LogP contribution in [-0.4, -0.2) is 168 Å². The van der Waals surface area contributed by atoms with Crippen molar-refractivity contribution in [2.45, 2.75) is 130 Å². The van der Waals surface area contributed by atoms with Crippen molar-refractivity contribution >= 4 is 88.3 Å². The third-order valence-electron chi connectivity index (χ3n) is 24.6. The van der Waals surface area contributed by atoms with Gasteiger partial charge in [-0.1, -0.05) is 140 Å². The van der Waals surface area contributed by atoms with Gasteiger partial charge in [0.1, 0.15) is 59.7 Å². The smallest absolute Gasteiger partial charge is 0.545 e. The maximum atomic E-state index is 14.8. The van der Waals surface area contributed by atoms with E-state index < -0.39 is 208 Å². The fraction of sp³-hybridized carbons (Fsp3) is 0.267. The number of ether oxygens (including phenoxy) is 5. The molecule has 0 saturated carbocycles. The van der Waals surface area contributed by atoms with Gasteiger partial charge in [-0.15, -0.1) is 0 Å². The molecule has 0 unspecified atom stereocenters. The largest absolute Gasteiger partial charge is 1.00 e. The van der Waals surface area contributed by atoms with Gasteiger partial charge in [-0.05, 0) is 151 Å². The monoisotopic (exact) mass is 2130 g/mol. The number of sulfonamides is 3. The Balaban J connectivity index is 0.000000212. The van der Waals surface area contributed by atoms with E-state index in [0.29, 0.717) is 69.8 Å². The van der Waals surface area contributed by atoms with E-state index in [1.54, 1.807) is 84.9 Å². The number of anilines is 3. The number of hydrogen-bond acceptors (Lipinski definition) is 20. The average molecular weight is 2130 g/mol. The van der Waals surface area contributed by atoms with Gasteiger partial charge in [-0.2, -0.15) is 12.9 Å². The molecule has 0 spiro atoms. The van der Waals surface area contributed by atoms with E-state index in [0.717, 1.165) is 139 Å². The molecular weight excluding hydrogens is 2040 g/mol. The van der Waals surface area contributed by atoms with Gasteiger partial charge < -0.3 is 63.6 Å². The van der Waals surface area contributed by atoms with Gasteiger partial charge in [0.05, 0.1) is 38.8 Å². The number of benzene rings is 11. The molecule has 147 heavy (non-hydrogen) atoms. The zero-order chi connectivity index (χ0) is 107. The zero-order valence-electron chi connectivity index (χ0n) is 78.9. The molecule has 3 atom stereocenters. The van der Waals surface area contributed by atoms with E-state index in [2.05, 4.69) is 0 Å². The van der Waals surface area contributed by atoms with Crippen molar-refractivity contribution in [3.05, 3.63) is 343 Å². The molecular formula is C101H90F15N6NaO21S3. The summed E-state index contributed by atoms with van der Waals surface area (Å²) in [5, 5.41) is 41.1. The van der Waals surface area contributed by atoms with Gasteiger partial charge in [0.2, 0.25) is 65.2 Å². The molecule has 11 aromatic carbocycles. The maximum absolute atomic E-state index is 14.8. The Bertz CT molecular complexity index is 6820. The number of carbonyl (C=O) groups excluding carboxylic acids is 5. The van der Waals surface area contributed by atoms with Gasteiger partial charge in [-0.3, -0.25) is 14.4 Å². The van der Waals surface area contributed by atoms with Crippen LogP contribution in [0.4, 0.5) is 82.9 Å². The SMILES string of the molecule is C[C@H](C(=O)N(Cc1ccc(C2=CCOCC2)cc1)c1ccc(C(=O)OCc2ccccc2)c(OCc2ccccc2)c1)N(C)S(=O)(=O)c1c(F)c(F)c(F)c(F)c1F.C[C@H](C(=O)N(Cc1ccc(C2CCOCC2)cc1)c1ccc(C(=O)O)c(O)c1)N(C)S(=O)(=O)c1c(F)c(F)c(F)c(F)c1F.C[C@H](C(=O)N(Cc1ccc(C2CCOCC2)cc1)c1ccc(C(=O)[O-])c(O)c1)N(C)S(=O)(=O)c1c(F)c(F)c(F)c(F)c1F.[Na+]. The van der Waals surface area contributed by atoms with E-state index in [1.807, 2.05) is 54.6 Å². The Morgan fingerprint density at radius 3 is 1.02 bits per heavy atom. The Morgan fingerprint density at radius 2 is 0.701 bits per heavy atom. The standard InChI is InChI=1S/C43H37F5N2O7S.2C29H27F5N2O7S.Na/c1-27(49(2)58(53,54)41-39(47)37(45)36(44)38(46)40(41)48)42(51)50(24-28-13-15-31(16-14-28)32-19-21-55-22-20-32)33-17-18-34(43(52)57-26-30-11-7-4-8-12-30)35(23-33)56-25-29-9-5-3-6-10-29;2*1-15(35(2)44(41,42)27-25(33)23(31)22(30)24(32)26(27)34)28(38)36(19-7-8-20(29(39)40)21(37)13-19)14-16-3-5-17(6-4-16)18-9-11-43-12-10-18;/h3-19,23,27H,20-22,24-26H2,1-2H3;2*3-8,13,15,18,37H,9-12,14H2,1-2H3,(H,39,40);/q;;;+1/p-1/t27-;2*15-;/m111./s1. The third-order valence-corrected chi connectivity index (χ3v) is 30.4. The number of carboxylic acids is 2. The number of aromatic hydroxyl groups is 2. The number of likely N-dealkylation sites (N-methyl/N-ethyl adjacent to an activating group) is 3. The number of carboxylic acid groups (broad SMARTS) is 2. The number of rotatable bonds is 32. The number of carbonyl (C=O) groups is 6. The average Bonchev–Trinajstić information content (AvgIpc) is 0.757. The van der Waals surface area contributed by atoms with Crippen molar-refractivity contribution in [2.24, 2.45) is 0 Å². The first kappa shape index (κ1) is 114. The summed E-state index contributed by atoms with van der Waals surface area (Å²) in [6.07, 6.45) is 5.92. The van der Waals surface area contributed by atoms with Crippen molar-refractivity contribution in [3.63, 3.8) is 0 Å². The topological polar surface area (TPSA) is 354 Å². The number of amides is 3. The molecule has 14 rings (SSSR count). The number of nitrogens with zero attached hydrogens (tertiary/aromatic N) is 6. The molecule has 11 aromatic rings. The zero-order valence-corrected chi connectivity index (χ0v) is 83.4. The van der Waals surface area contributed by atoms with E-state index in [4.69, 9.17) is 23.7 Å². The molecule has 2 saturated heterocycles. The van der Waals surface area contributed by atoms with Gasteiger partial charge in [0.25, 0.3) is 0 Å². The van der Waals surface area contributed by atoms with E-state index in [-0.39, 0.29) is 116 Å². The summed E-state index contributed by atoms with van der Waals surface area (Å²) in [4.78, 5) is 74.9. The summed E-state index contributed by atoms with van der Waals surface area (Å²) in [6.45, 7) is 5.87. The van der Waals surface area contributed by atoms with Crippen molar-refractivity contribution in [1.82, 2.24) is 12.9 Å². The van der Waals surface area contributed by atoms with Crippen molar-refractivity contribution < 1.29 is 194 Å². The summed E-state index contributed by atoms with van der Waals surface area (Å²) < 4.78 is 320. The molecule has 3 heterocycles. The molecule has 0 aliphatic carbocycles. The Kier molecular flexibility index (Phi) is 38.2. The summed E-state index contributed by atoms with van der Waals surface area (Å²) in [5.74, 6) is -45.9. The van der Waals surface area contributed by atoms with Crippen molar-refractivity contribution in [2.75, 3.05) is 75.5 Å². The van der Waals surface area contributed by atoms with Gasteiger partial charge in [-0.25, -0.2) is 101 Å². The Hall–Kier alpha value is -13.1. The van der Waals surface area contributed by atoms with Crippen LogP contribution in [0.3, 0.4) is 0 Å². The first-order valence-corrected chi connectivity index (χ1v) is 48.7. The minimum Gasteiger partial charge on any atom is -0.545 e. The fourth-order valence-corrected chi connectivity index (χ4v) is 20.0. The van der Waals surface area contributed by atoms with Crippen LogP contribution in [0.2, 0.25) is 0 Å². The molecule has 46 heteroatoms. The predicted octanol–water partition coefficient (Wildman–Crippen LogP) is 13.9. The van der Waals surface area contributed by atoms with E-state index in [9.17, 15) is 140 Å². The molecule has 3 aliphatic heterocycles. The van der Waals surface area contributed by atoms with Crippen LogP contribution in [0, 0.1) is 87.3 Å². The van der Waals surface area contributed by atoms with Crippen LogP contribution in [0.5, 0.6) is 17.2 Å². The van der Waals surface area contributed by atoms with Crippen molar-refractivity contribution in [3.8, 4) is 17.2 Å². The van der Waals surface area contributed by atoms with Crippen LogP contribution in [-0.2, 0) is 96.2 Å². The normalized spacial score (nSPS) is 14.2. The van der Waals surface area contributed by atoms with E-state index >= 15 is 0 Å². The Labute approximate surface area is 855 Å². The van der Waals surface area contributed by atoms with Gasteiger partial charge in [0.15, 0.2) is 84.5 Å². The second-order valence-electron chi connectivity index (χ2n) is 33.6. The molecule has 774 valence electrons. The molecule has 3 N–H and O–H groups in total. The number of aromatic carboxylic acids is 2. The molecule has 3 aliphatic rings. The second-order valence-corrected chi connectivity index (χ2v) is 39.4. The third kappa shape index (κ3) is 25.7. The van der Waals surface area contributed by atoms with Crippen molar-refractivity contribution in [1.29, 1.82) is 0 Å². The molecule has 27 nitrogen and oxygen atoms in total. The van der Waals surface area contributed by atoms with Crippen LogP contribution < -0.4 is 54.1 Å². The first-order valence-electron chi connectivity index (χ1n) is 44.3. The van der Waals surface area contributed by atoms with Crippen LogP contribution in [0.15, 0.2) is 209 Å². The summed E-state index contributed by atoms with van der Waals surface area (Å²) in [7, 11) is -14.3. The second kappa shape index (κ2) is 49.2. The maximum Gasteiger partial charge on any atom is 1.00 e. The van der Waals surface area contributed by atoms with Gasteiger partial charge in [0, 0.05) is 88.4 Å². The van der Waals surface area contributed by atoms with Crippen LogP contribution in [0.25, 0.3) is 5.57 Å². The fourth-order valence-electron chi connectivity index (χ4n) is 15.8. The number of hydrogen-bond donors (Lipinski definition) is 3. The minimum atomic E-state index is -5.52. The minimum absolute atomic E-state index is 0. The summed E-state index contributed by atoms with van der Waals surface area (Å²) in [6, 6.07) is 44.4. The Morgan fingerprint density at radius 1 is 0.388 bits per heavy atom. The summed E-state index contributed by atoms with van der Waals surface area (Å²) in [5.41, 5.74) is 6.01. The van der Waals surface area contributed by atoms with E-state index in [1.165, 1.54) is 24.3 Å². The quantitative estimate of drug-likeness (QED) is 0.0116.